The SMILES string of the molecule is COc1ccc2c(c1)NC(=O)C2=NN=CC1(C)CC(C)(C(=O)O)CN1. The Bertz CT molecular complexity index is 804. The summed E-state index contributed by atoms with van der Waals surface area (Å²) in [5, 5.41) is 23.3. The number of nitrogens with one attached hydrogen (secondary N) is 2. The molecule has 0 bridgehead atoms. The van der Waals surface area contributed by atoms with E-state index in [4.69, 9.17) is 4.74 Å². The van der Waals surface area contributed by atoms with Crippen molar-refractivity contribution < 1.29 is 19.4 Å². The number of fused-ring (bicyclic) bond motifs is 1. The Morgan fingerprint density at radius 3 is 2.80 bits per heavy atom. The van der Waals surface area contributed by atoms with Crippen molar-refractivity contribution in [1.29, 1.82) is 0 Å². The molecule has 8 heteroatoms. The molecule has 25 heavy (non-hydrogen) atoms. The van der Waals surface area contributed by atoms with Crippen LogP contribution in [-0.4, -0.2) is 48.1 Å². The highest BCUT2D eigenvalue weighted by atomic mass is 16.5. The lowest BCUT2D eigenvalue weighted by molar-refractivity contribution is -0.146. The van der Waals surface area contributed by atoms with Crippen molar-refractivity contribution in [3.8, 4) is 5.75 Å². The molecule has 2 atom stereocenters. The van der Waals surface area contributed by atoms with Crippen LogP contribution < -0.4 is 15.4 Å². The first kappa shape index (κ1) is 17.1. The maximum absolute atomic E-state index is 12.1. The van der Waals surface area contributed by atoms with Gasteiger partial charge >= 0.3 is 5.97 Å². The monoisotopic (exact) mass is 344 g/mol. The summed E-state index contributed by atoms with van der Waals surface area (Å²) in [6, 6.07) is 5.21. The second-order valence-corrected chi connectivity index (χ2v) is 6.87. The molecule has 2 aliphatic rings. The molecular formula is C17H20N4O4. The summed E-state index contributed by atoms with van der Waals surface area (Å²) < 4.78 is 5.13. The average molecular weight is 344 g/mol. The fourth-order valence-corrected chi connectivity index (χ4v) is 3.15. The standard InChI is InChI=1S/C17H20N4O4/c1-16(15(23)24)7-17(2,18-8-16)9-19-21-13-11-5-4-10(25-3)6-12(11)20-14(13)22/h4-6,9,18H,7-8H2,1-3H3,(H,23,24)(H,20,21,22). The van der Waals surface area contributed by atoms with E-state index in [-0.39, 0.29) is 11.6 Å². The minimum atomic E-state index is -0.846. The molecule has 0 aromatic heterocycles. The fourth-order valence-electron chi connectivity index (χ4n) is 3.15. The molecule has 1 saturated heterocycles. The largest absolute Gasteiger partial charge is 0.497 e. The molecule has 132 valence electrons. The molecule has 0 radical (unpaired) electrons. The molecule has 2 unspecified atom stereocenters. The first-order valence-electron chi connectivity index (χ1n) is 7.87. The zero-order chi connectivity index (χ0) is 18.2. The summed E-state index contributed by atoms with van der Waals surface area (Å²) in [7, 11) is 1.55. The minimum Gasteiger partial charge on any atom is -0.497 e. The fraction of sp³-hybridized carbons (Fsp3) is 0.412. The number of carboxylic acid groups (broad SMARTS) is 1. The average Bonchev–Trinajstić information content (AvgIpc) is 3.05. The molecule has 3 N–H and O–H groups in total. The van der Waals surface area contributed by atoms with Gasteiger partial charge in [0.2, 0.25) is 0 Å². The van der Waals surface area contributed by atoms with E-state index in [0.717, 1.165) is 0 Å². The third kappa shape index (κ3) is 3.12. The van der Waals surface area contributed by atoms with Crippen LogP contribution in [0.3, 0.4) is 0 Å². The van der Waals surface area contributed by atoms with Crippen LogP contribution in [-0.2, 0) is 9.59 Å². The Labute approximate surface area is 145 Å². The van der Waals surface area contributed by atoms with Crippen LogP contribution in [0.25, 0.3) is 0 Å². The molecule has 1 aromatic carbocycles. The maximum atomic E-state index is 12.1. The number of amides is 1. The number of benzene rings is 1. The van der Waals surface area contributed by atoms with Gasteiger partial charge < -0.3 is 20.5 Å². The van der Waals surface area contributed by atoms with E-state index in [1.807, 2.05) is 6.92 Å². The Morgan fingerprint density at radius 1 is 1.40 bits per heavy atom. The Balaban J connectivity index is 1.80. The summed E-state index contributed by atoms with van der Waals surface area (Å²) in [6.45, 7) is 3.91. The number of nitrogens with zero attached hydrogens (tertiary/aromatic N) is 2. The second kappa shape index (κ2) is 5.96. The van der Waals surface area contributed by atoms with Gasteiger partial charge in [0, 0.05) is 24.4 Å². The van der Waals surface area contributed by atoms with Gasteiger partial charge in [0.15, 0.2) is 5.71 Å². The summed E-state index contributed by atoms with van der Waals surface area (Å²) >= 11 is 0. The summed E-state index contributed by atoms with van der Waals surface area (Å²) in [6.07, 6.45) is 1.95. The molecule has 0 saturated carbocycles. The molecule has 8 nitrogen and oxygen atoms in total. The topological polar surface area (TPSA) is 112 Å². The number of rotatable bonds is 4. The summed E-state index contributed by atoms with van der Waals surface area (Å²) in [5.74, 6) is -0.541. The van der Waals surface area contributed by atoms with Gasteiger partial charge in [-0.05, 0) is 32.4 Å². The Hall–Kier alpha value is -2.74. The molecule has 2 aliphatic heterocycles. The normalized spacial score (nSPS) is 29.9. The van der Waals surface area contributed by atoms with Crippen molar-refractivity contribution in [1.82, 2.24) is 5.32 Å². The van der Waals surface area contributed by atoms with Gasteiger partial charge in [-0.1, -0.05) is 0 Å². The molecule has 3 rings (SSSR count). The van der Waals surface area contributed by atoms with E-state index in [1.165, 1.54) is 0 Å². The third-order valence-corrected chi connectivity index (χ3v) is 4.60. The molecule has 0 spiro atoms. The van der Waals surface area contributed by atoms with Gasteiger partial charge in [-0.25, -0.2) is 0 Å². The molecule has 1 fully saturated rings. The number of anilines is 1. The molecule has 1 amide bonds. The van der Waals surface area contributed by atoms with E-state index < -0.39 is 16.9 Å². The number of aliphatic carboxylic acids is 1. The first-order chi connectivity index (χ1) is 11.8. The number of hydrogen-bond acceptors (Lipinski definition) is 6. The van der Waals surface area contributed by atoms with Crippen molar-refractivity contribution in [3.63, 3.8) is 0 Å². The van der Waals surface area contributed by atoms with Crippen molar-refractivity contribution in [2.45, 2.75) is 25.8 Å². The third-order valence-electron chi connectivity index (χ3n) is 4.60. The highest BCUT2D eigenvalue weighted by molar-refractivity contribution is 6.53. The van der Waals surface area contributed by atoms with Crippen molar-refractivity contribution in [2.24, 2.45) is 15.6 Å². The first-order valence-corrected chi connectivity index (χ1v) is 7.87. The quantitative estimate of drug-likeness (QED) is 0.562. The number of hydrogen-bond donors (Lipinski definition) is 3. The van der Waals surface area contributed by atoms with Gasteiger partial charge in [-0.15, -0.1) is 5.10 Å². The predicted molar refractivity (Wildman–Crippen MR) is 93.4 cm³/mol. The van der Waals surface area contributed by atoms with Gasteiger partial charge in [0.05, 0.1) is 23.8 Å². The van der Waals surface area contributed by atoms with Gasteiger partial charge in [-0.2, -0.15) is 5.10 Å². The van der Waals surface area contributed by atoms with E-state index in [0.29, 0.717) is 30.0 Å². The van der Waals surface area contributed by atoms with Crippen molar-refractivity contribution in [3.05, 3.63) is 23.8 Å². The van der Waals surface area contributed by atoms with Crippen molar-refractivity contribution >= 4 is 29.5 Å². The lowest BCUT2D eigenvalue weighted by Gasteiger charge is -2.20. The maximum Gasteiger partial charge on any atom is 0.310 e. The number of methoxy groups -OCH3 is 1. The molecular weight excluding hydrogens is 324 g/mol. The van der Waals surface area contributed by atoms with Crippen LogP contribution in [0.5, 0.6) is 5.75 Å². The van der Waals surface area contributed by atoms with E-state index in [1.54, 1.807) is 38.4 Å². The van der Waals surface area contributed by atoms with Crippen LogP contribution >= 0.6 is 0 Å². The zero-order valence-corrected chi connectivity index (χ0v) is 14.3. The highest BCUT2D eigenvalue weighted by Crippen LogP contribution is 2.34. The van der Waals surface area contributed by atoms with Gasteiger partial charge in [0.1, 0.15) is 5.75 Å². The highest BCUT2D eigenvalue weighted by Gasteiger charge is 2.46. The molecule has 0 aliphatic carbocycles. The van der Waals surface area contributed by atoms with E-state index in [2.05, 4.69) is 20.8 Å². The van der Waals surface area contributed by atoms with Crippen LogP contribution in [0, 0.1) is 5.41 Å². The zero-order valence-electron chi connectivity index (χ0n) is 14.3. The van der Waals surface area contributed by atoms with Crippen LogP contribution in [0.4, 0.5) is 5.69 Å². The number of carbonyl (C=O) groups is 2. The molecule has 1 aromatic rings. The van der Waals surface area contributed by atoms with Gasteiger partial charge in [-0.3, -0.25) is 9.59 Å². The Morgan fingerprint density at radius 2 is 2.16 bits per heavy atom. The van der Waals surface area contributed by atoms with Crippen LogP contribution in [0.1, 0.15) is 25.8 Å². The lowest BCUT2D eigenvalue weighted by atomic mass is 9.84. The Kier molecular flexibility index (Phi) is 4.08. The second-order valence-electron chi connectivity index (χ2n) is 6.87. The predicted octanol–water partition coefficient (Wildman–Crippen LogP) is 1.27. The molecule has 2 heterocycles. The summed E-state index contributed by atoms with van der Waals surface area (Å²) in [4.78, 5) is 23.4. The number of ether oxygens (including phenoxy) is 1. The summed E-state index contributed by atoms with van der Waals surface area (Å²) in [5.41, 5.74) is 0.0675. The van der Waals surface area contributed by atoms with E-state index in [9.17, 15) is 14.7 Å². The number of carboxylic acids is 1. The van der Waals surface area contributed by atoms with Crippen LogP contribution in [0.2, 0.25) is 0 Å². The number of carbonyl (C=O) groups excluding carboxylic acids is 1. The van der Waals surface area contributed by atoms with Crippen molar-refractivity contribution in [2.75, 3.05) is 19.0 Å². The lowest BCUT2D eigenvalue weighted by Crippen LogP contribution is -2.37. The van der Waals surface area contributed by atoms with E-state index >= 15 is 0 Å². The minimum absolute atomic E-state index is 0.219. The van der Waals surface area contributed by atoms with Crippen LogP contribution in [0.15, 0.2) is 28.4 Å². The smallest absolute Gasteiger partial charge is 0.310 e. The van der Waals surface area contributed by atoms with Gasteiger partial charge in [0.25, 0.3) is 5.91 Å².